The summed E-state index contributed by atoms with van der Waals surface area (Å²) in [7, 11) is -2.81. The van der Waals surface area contributed by atoms with Gasteiger partial charge < -0.3 is 10.6 Å². The Morgan fingerprint density at radius 1 is 1.32 bits per heavy atom. The van der Waals surface area contributed by atoms with Gasteiger partial charge in [-0.1, -0.05) is 19.1 Å². The Morgan fingerprint density at radius 2 is 2.09 bits per heavy atom. The minimum Gasteiger partial charge on any atom is -0.356 e. The van der Waals surface area contributed by atoms with Crippen LogP contribution in [0.4, 0.5) is 0 Å². The lowest BCUT2D eigenvalue weighted by Crippen LogP contribution is -2.44. The molecule has 0 amide bonds. The molecule has 1 saturated carbocycles. The average Bonchev–Trinajstić information content (AvgIpc) is 2.98. The van der Waals surface area contributed by atoms with Gasteiger partial charge in [-0.2, -0.15) is 0 Å². The first-order chi connectivity index (χ1) is 10.3. The molecular weight excluding hydrogens is 298 g/mol. The number of hydrogen-bond donors (Lipinski definition) is 2. The van der Waals surface area contributed by atoms with Gasteiger partial charge in [0.1, 0.15) is 0 Å². The van der Waals surface area contributed by atoms with Crippen LogP contribution in [0.15, 0.2) is 17.1 Å². The van der Waals surface area contributed by atoms with Gasteiger partial charge in [0, 0.05) is 12.6 Å². The van der Waals surface area contributed by atoms with Crippen molar-refractivity contribution >= 4 is 15.8 Å². The van der Waals surface area contributed by atoms with Crippen molar-refractivity contribution in [1.82, 2.24) is 10.6 Å². The zero-order chi connectivity index (χ0) is 16.2. The Bertz CT molecular complexity index is 528. The third-order valence-electron chi connectivity index (χ3n) is 4.43. The fraction of sp³-hybridized carbons (Fsp3) is 0.812. The number of nitrogens with one attached hydrogen (secondary N) is 2. The van der Waals surface area contributed by atoms with E-state index in [-0.39, 0.29) is 5.92 Å². The Labute approximate surface area is 134 Å². The van der Waals surface area contributed by atoms with Gasteiger partial charge in [-0.3, -0.25) is 0 Å². The second-order valence-corrected chi connectivity index (χ2v) is 9.26. The van der Waals surface area contributed by atoms with Gasteiger partial charge in [-0.25, -0.2) is 13.4 Å². The average molecular weight is 327 g/mol. The normalized spacial score (nSPS) is 31.2. The van der Waals surface area contributed by atoms with Crippen molar-refractivity contribution in [1.29, 1.82) is 0 Å². The summed E-state index contributed by atoms with van der Waals surface area (Å²) in [4.78, 5) is 4.55. The van der Waals surface area contributed by atoms with Crippen LogP contribution in [0.1, 0.15) is 39.5 Å². The molecule has 0 spiro atoms. The molecule has 1 aliphatic carbocycles. The minimum absolute atomic E-state index is 0.198. The predicted octanol–water partition coefficient (Wildman–Crippen LogP) is 1.72. The van der Waals surface area contributed by atoms with Crippen LogP contribution in [0, 0.1) is 11.8 Å². The Kier molecular flexibility index (Phi) is 5.89. The number of rotatable bonds is 5. The highest BCUT2D eigenvalue weighted by atomic mass is 32.2. The van der Waals surface area contributed by atoms with Crippen LogP contribution >= 0.6 is 0 Å². The molecule has 126 valence electrons. The fourth-order valence-electron chi connectivity index (χ4n) is 3.17. The summed E-state index contributed by atoms with van der Waals surface area (Å²) in [6, 6.07) is 0.471. The summed E-state index contributed by atoms with van der Waals surface area (Å²) in [6.45, 7) is 9.40. The molecule has 3 unspecified atom stereocenters. The van der Waals surface area contributed by atoms with Crippen molar-refractivity contribution in [2.24, 2.45) is 16.8 Å². The van der Waals surface area contributed by atoms with Crippen LogP contribution < -0.4 is 10.6 Å². The van der Waals surface area contributed by atoms with Crippen molar-refractivity contribution < 1.29 is 8.42 Å². The summed E-state index contributed by atoms with van der Waals surface area (Å²) in [5, 5.41) is 6.82. The molecule has 6 heteroatoms. The lowest BCUT2D eigenvalue weighted by Gasteiger charge is -2.19. The number of nitrogens with zero attached hydrogens (tertiary/aromatic N) is 1. The first kappa shape index (κ1) is 17.3. The highest BCUT2D eigenvalue weighted by Gasteiger charge is 2.28. The first-order valence-corrected chi connectivity index (χ1v) is 10.1. The van der Waals surface area contributed by atoms with E-state index in [2.05, 4.69) is 29.1 Å². The Hall–Kier alpha value is -1.04. The monoisotopic (exact) mass is 327 g/mol. The molecule has 0 radical (unpaired) electrons. The quantitative estimate of drug-likeness (QED) is 0.458. The van der Waals surface area contributed by atoms with Crippen molar-refractivity contribution in [3.63, 3.8) is 0 Å². The molecule has 1 saturated heterocycles. The second-order valence-electron chi connectivity index (χ2n) is 7.03. The van der Waals surface area contributed by atoms with Crippen molar-refractivity contribution in [3.8, 4) is 0 Å². The molecule has 22 heavy (non-hydrogen) atoms. The minimum atomic E-state index is -2.81. The topological polar surface area (TPSA) is 70.6 Å². The Balaban J connectivity index is 1.87. The molecule has 2 aliphatic rings. The summed E-state index contributed by atoms with van der Waals surface area (Å²) >= 11 is 0. The maximum absolute atomic E-state index is 11.5. The third kappa shape index (κ3) is 5.63. The van der Waals surface area contributed by atoms with Crippen LogP contribution in [0.3, 0.4) is 0 Å². The summed E-state index contributed by atoms with van der Waals surface area (Å²) < 4.78 is 23.1. The van der Waals surface area contributed by atoms with Crippen LogP contribution in [0.25, 0.3) is 0 Å². The molecule has 5 nitrogen and oxygen atoms in total. The van der Waals surface area contributed by atoms with Gasteiger partial charge in [0.2, 0.25) is 0 Å². The first-order valence-electron chi connectivity index (χ1n) is 8.23. The summed E-state index contributed by atoms with van der Waals surface area (Å²) in [5.41, 5.74) is 1.02. The summed E-state index contributed by atoms with van der Waals surface area (Å²) in [6.07, 6.45) is 4.36. The van der Waals surface area contributed by atoms with Gasteiger partial charge in [0.25, 0.3) is 0 Å². The molecule has 1 aliphatic heterocycles. The molecular formula is C16H29N3O2S. The SMILES string of the molecule is C=C(C)CN=C(NCC1CCS(=O)(=O)C1)NC1CCC(C)C1. The van der Waals surface area contributed by atoms with Gasteiger partial charge in [0.15, 0.2) is 15.8 Å². The van der Waals surface area contributed by atoms with Crippen LogP contribution in [0.5, 0.6) is 0 Å². The highest BCUT2D eigenvalue weighted by Crippen LogP contribution is 2.24. The number of guanidine groups is 1. The Morgan fingerprint density at radius 3 is 2.64 bits per heavy atom. The molecule has 3 atom stereocenters. The van der Waals surface area contributed by atoms with Crippen LogP contribution in [-0.2, 0) is 9.84 Å². The highest BCUT2D eigenvalue weighted by molar-refractivity contribution is 7.91. The molecule has 2 fully saturated rings. The molecule has 1 heterocycles. The van der Waals surface area contributed by atoms with E-state index in [1.807, 2.05) is 6.92 Å². The zero-order valence-corrected chi connectivity index (χ0v) is 14.6. The van der Waals surface area contributed by atoms with E-state index in [9.17, 15) is 8.42 Å². The van der Waals surface area contributed by atoms with Crippen LogP contribution in [-0.4, -0.2) is 45.0 Å². The van der Waals surface area contributed by atoms with Gasteiger partial charge in [0.05, 0.1) is 18.1 Å². The number of aliphatic imine (C=N–C) groups is 1. The van der Waals surface area contributed by atoms with E-state index in [0.717, 1.165) is 23.9 Å². The van der Waals surface area contributed by atoms with Crippen molar-refractivity contribution in [2.75, 3.05) is 24.6 Å². The number of sulfone groups is 1. The standard InChI is InChI=1S/C16H29N3O2S/c1-12(2)9-17-16(19-15-5-4-13(3)8-15)18-10-14-6-7-22(20,21)11-14/h13-15H,1,4-11H2,2-3H3,(H2,17,18,19). The maximum atomic E-state index is 11.5. The van der Waals surface area contributed by atoms with Gasteiger partial charge in [-0.05, 0) is 44.4 Å². The largest absolute Gasteiger partial charge is 0.356 e. The van der Waals surface area contributed by atoms with Crippen molar-refractivity contribution in [2.45, 2.75) is 45.6 Å². The molecule has 2 N–H and O–H groups in total. The van der Waals surface area contributed by atoms with E-state index in [1.54, 1.807) is 0 Å². The molecule has 0 aromatic rings. The van der Waals surface area contributed by atoms with Gasteiger partial charge >= 0.3 is 0 Å². The van der Waals surface area contributed by atoms with Crippen molar-refractivity contribution in [3.05, 3.63) is 12.2 Å². The van der Waals surface area contributed by atoms with E-state index in [4.69, 9.17) is 0 Å². The second kappa shape index (κ2) is 7.49. The lowest BCUT2D eigenvalue weighted by atomic mass is 10.1. The molecule has 2 rings (SSSR count). The molecule has 0 aromatic carbocycles. The fourth-order valence-corrected chi connectivity index (χ4v) is 5.03. The van der Waals surface area contributed by atoms with E-state index >= 15 is 0 Å². The van der Waals surface area contributed by atoms with E-state index < -0.39 is 9.84 Å². The van der Waals surface area contributed by atoms with E-state index in [0.29, 0.717) is 30.6 Å². The zero-order valence-electron chi connectivity index (χ0n) is 13.8. The molecule has 0 bridgehead atoms. The summed E-state index contributed by atoms with van der Waals surface area (Å²) in [5.74, 6) is 2.38. The van der Waals surface area contributed by atoms with Crippen LogP contribution in [0.2, 0.25) is 0 Å². The van der Waals surface area contributed by atoms with E-state index in [1.165, 1.54) is 19.3 Å². The predicted molar refractivity (Wildman–Crippen MR) is 91.8 cm³/mol. The molecule has 0 aromatic heterocycles. The maximum Gasteiger partial charge on any atom is 0.191 e. The lowest BCUT2D eigenvalue weighted by molar-refractivity contribution is 0.542. The van der Waals surface area contributed by atoms with Gasteiger partial charge in [-0.15, -0.1) is 0 Å². The smallest absolute Gasteiger partial charge is 0.191 e. The third-order valence-corrected chi connectivity index (χ3v) is 6.26. The number of hydrogen-bond acceptors (Lipinski definition) is 3.